The van der Waals surface area contributed by atoms with Gasteiger partial charge < -0.3 is 11.5 Å². The van der Waals surface area contributed by atoms with Crippen LogP contribution in [0.2, 0.25) is 0 Å². The molecule has 5 heteroatoms. The molecule has 1 fully saturated rings. The van der Waals surface area contributed by atoms with Crippen molar-refractivity contribution in [3.05, 3.63) is 0 Å². The van der Waals surface area contributed by atoms with Crippen molar-refractivity contribution in [2.45, 2.75) is 76.7 Å². The van der Waals surface area contributed by atoms with Gasteiger partial charge in [-0.05, 0) is 45.2 Å². The first-order valence-electron chi connectivity index (χ1n) is 8.65. The zero-order chi connectivity index (χ0) is 15.3. The summed E-state index contributed by atoms with van der Waals surface area (Å²) in [6.45, 7) is 1.95. The molecular weight excluding hydrogens is 266 g/mol. The van der Waals surface area contributed by atoms with Crippen LogP contribution >= 0.6 is 0 Å². The molecule has 0 radical (unpaired) electrons. The van der Waals surface area contributed by atoms with E-state index < -0.39 is 0 Å². The minimum absolute atomic E-state index is 0.113. The van der Waals surface area contributed by atoms with E-state index in [1.54, 1.807) is 5.06 Å². The fourth-order valence-corrected chi connectivity index (χ4v) is 2.72. The zero-order valence-electron chi connectivity index (χ0n) is 13.4. The number of hydrogen-bond acceptors (Lipinski definition) is 4. The number of nitrogens with zero attached hydrogens (tertiary/aromatic N) is 1. The Morgan fingerprint density at radius 3 is 2.29 bits per heavy atom. The Bertz CT molecular complexity index is 268. The van der Waals surface area contributed by atoms with Gasteiger partial charge >= 0.3 is 0 Å². The number of carbonyl (C=O) groups excluding carboxylic acids is 1. The van der Waals surface area contributed by atoms with Gasteiger partial charge in [0.2, 0.25) is 5.91 Å². The molecule has 0 aromatic carbocycles. The maximum absolute atomic E-state index is 12.3. The lowest BCUT2D eigenvalue weighted by molar-refractivity contribution is -0.211. The summed E-state index contributed by atoms with van der Waals surface area (Å²) >= 11 is 0. The highest BCUT2D eigenvalue weighted by Gasteiger charge is 2.21. The topological polar surface area (TPSA) is 81.6 Å². The first kappa shape index (κ1) is 18.4. The van der Waals surface area contributed by atoms with Crippen LogP contribution in [-0.2, 0) is 9.63 Å². The molecule has 124 valence electrons. The van der Waals surface area contributed by atoms with Crippen LogP contribution in [-0.4, -0.2) is 36.7 Å². The predicted octanol–water partition coefficient (Wildman–Crippen LogP) is 2.34. The van der Waals surface area contributed by atoms with Crippen LogP contribution in [0, 0.1) is 0 Å². The van der Waals surface area contributed by atoms with Crippen LogP contribution in [0.5, 0.6) is 0 Å². The van der Waals surface area contributed by atoms with Crippen LogP contribution in [0.1, 0.15) is 70.6 Å². The Labute approximate surface area is 129 Å². The summed E-state index contributed by atoms with van der Waals surface area (Å²) in [7, 11) is 0. The molecule has 1 aliphatic rings. The lowest BCUT2D eigenvalue weighted by atomic mass is 9.98. The van der Waals surface area contributed by atoms with Crippen LogP contribution in [0.4, 0.5) is 0 Å². The van der Waals surface area contributed by atoms with Gasteiger partial charge in [0.15, 0.2) is 0 Å². The van der Waals surface area contributed by atoms with Crippen molar-refractivity contribution in [3.8, 4) is 0 Å². The fraction of sp³-hybridized carbons (Fsp3) is 0.938. The first-order chi connectivity index (χ1) is 10.3. The molecule has 0 atom stereocenters. The lowest BCUT2D eigenvalue weighted by Crippen LogP contribution is -2.37. The number of amides is 1. The lowest BCUT2D eigenvalue weighted by Gasteiger charge is -2.29. The second-order valence-electron chi connectivity index (χ2n) is 5.96. The van der Waals surface area contributed by atoms with E-state index in [1.165, 1.54) is 19.3 Å². The highest BCUT2D eigenvalue weighted by Crippen LogP contribution is 2.21. The quantitative estimate of drug-likeness (QED) is 0.453. The van der Waals surface area contributed by atoms with E-state index in [4.69, 9.17) is 16.3 Å². The van der Waals surface area contributed by atoms with Gasteiger partial charge in [-0.1, -0.05) is 32.1 Å². The maximum Gasteiger partial charge on any atom is 0.246 e. The van der Waals surface area contributed by atoms with Crippen LogP contribution in [0.3, 0.4) is 0 Å². The van der Waals surface area contributed by atoms with E-state index in [0.717, 1.165) is 51.5 Å². The first-order valence-corrected chi connectivity index (χ1v) is 8.65. The standard InChI is InChI=1S/C16H33N3O2/c17-12-7-2-1-6-11-16(20)19(14-8-13-18)21-15-9-4-3-5-10-15/h15H,1-14,17-18H2. The number of carbonyl (C=O) groups is 1. The Hall–Kier alpha value is -0.650. The molecule has 1 rings (SSSR count). The molecule has 5 nitrogen and oxygen atoms in total. The van der Waals surface area contributed by atoms with Crippen LogP contribution in [0.15, 0.2) is 0 Å². The minimum atomic E-state index is 0.113. The highest BCUT2D eigenvalue weighted by atomic mass is 16.7. The molecule has 0 aromatic rings. The molecule has 0 heterocycles. The molecular formula is C16H33N3O2. The predicted molar refractivity (Wildman–Crippen MR) is 85.5 cm³/mol. The van der Waals surface area contributed by atoms with E-state index >= 15 is 0 Å². The van der Waals surface area contributed by atoms with Gasteiger partial charge in [-0.25, -0.2) is 5.06 Å². The SMILES string of the molecule is NCCCCCCC(=O)N(CCCN)OC1CCCCC1. The van der Waals surface area contributed by atoms with Crippen molar-refractivity contribution in [2.24, 2.45) is 11.5 Å². The second-order valence-corrected chi connectivity index (χ2v) is 5.96. The monoisotopic (exact) mass is 299 g/mol. The Balaban J connectivity index is 2.30. The van der Waals surface area contributed by atoms with E-state index in [-0.39, 0.29) is 12.0 Å². The van der Waals surface area contributed by atoms with E-state index in [9.17, 15) is 4.79 Å². The smallest absolute Gasteiger partial charge is 0.246 e. The second kappa shape index (κ2) is 12.0. The zero-order valence-corrected chi connectivity index (χ0v) is 13.4. The Kier molecular flexibility index (Phi) is 10.5. The van der Waals surface area contributed by atoms with E-state index in [2.05, 4.69) is 0 Å². The van der Waals surface area contributed by atoms with Crippen molar-refractivity contribution in [1.82, 2.24) is 5.06 Å². The van der Waals surface area contributed by atoms with Crippen molar-refractivity contribution < 1.29 is 9.63 Å². The molecule has 0 unspecified atom stereocenters. The van der Waals surface area contributed by atoms with E-state index in [0.29, 0.717) is 19.5 Å². The third-order valence-corrected chi connectivity index (χ3v) is 4.02. The minimum Gasteiger partial charge on any atom is -0.330 e. The molecule has 0 bridgehead atoms. The van der Waals surface area contributed by atoms with Crippen LogP contribution < -0.4 is 11.5 Å². The molecule has 1 saturated carbocycles. The summed E-state index contributed by atoms with van der Waals surface area (Å²) < 4.78 is 0. The van der Waals surface area contributed by atoms with Gasteiger partial charge in [0.25, 0.3) is 0 Å². The molecule has 21 heavy (non-hydrogen) atoms. The Morgan fingerprint density at radius 1 is 0.952 bits per heavy atom. The fourth-order valence-electron chi connectivity index (χ4n) is 2.72. The van der Waals surface area contributed by atoms with Crippen molar-refractivity contribution in [2.75, 3.05) is 19.6 Å². The van der Waals surface area contributed by atoms with E-state index in [1.807, 2.05) is 0 Å². The van der Waals surface area contributed by atoms with Crippen molar-refractivity contribution in [1.29, 1.82) is 0 Å². The number of nitrogens with two attached hydrogens (primary N) is 2. The molecule has 0 spiro atoms. The number of rotatable bonds is 11. The summed E-state index contributed by atoms with van der Waals surface area (Å²) in [6, 6.07) is 0. The molecule has 4 N–H and O–H groups in total. The number of hydroxylamine groups is 2. The average molecular weight is 299 g/mol. The van der Waals surface area contributed by atoms with Gasteiger partial charge in [0, 0.05) is 13.0 Å². The van der Waals surface area contributed by atoms with Gasteiger partial charge in [0.05, 0.1) is 6.10 Å². The maximum atomic E-state index is 12.3. The van der Waals surface area contributed by atoms with Gasteiger partial charge in [-0.2, -0.15) is 0 Å². The third-order valence-electron chi connectivity index (χ3n) is 4.02. The van der Waals surface area contributed by atoms with Gasteiger partial charge in [-0.3, -0.25) is 9.63 Å². The Morgan fingerprint density at radius 2 is 1.62 bits per heavy atom. The highest BCUT2D eigenvalue weighted by molar-refractivity contribution is 5.75. The van der Waals surface area contributed by atoms with Crippen molar-refractivity contribution in [3.63, 3.8) is 0 Å². The summed E-state index contributed by atoms with van der Waals surface area (Å²) in [5.41, 5.74) is 11.0. The molecule has 1 amide bonds. The molecule has 0 aromatic heterocycles. The summed E-state index contributed by atoms with van der Waals surface area (Å²) in [5, 5.41) is 1.59. The summed E-state index contributed by atoms with van der Waals surface area (Å²) in [5.74, 6) is 0.113. The number of unbranched alkanes of at least 4 members (excludes halogenated alkanes) is 3. The third kappa shape index (κ3) is 8.39. The molecule has 1 aliphatic carbocycles. The summed E-state index contributed by atoms with van der Waals surface area (Å²) in [6.07, 6.45) is 11.6. The molecule has 0 saturated heterocycles. The van der Waals surface area contributed by atoms with Gasteiger partial charge in [0.1, 0.15) is 0 Å². The van der Waals surface area contributed by atoms with Crippen molar-refractivity contribution >= 4 is 5.91 Å². The normalized spacial score (nSPS) is 16.1. The largest absolute Gasteiger partial charge is 0.330 e. The average Bonchev–Trinajstić information content (AvgIpc) is 2.52. The van der Waals surface area contributed by atoms with Crippen LogP contribution in [0.25, 0.3) is 0 Å². The van der Waals surface area contributed by atoms with Gasteiger partial charge in [-0.15, -0.1) is 0 Å². The molecule has 0 aliphatic heterocycles. The summed E-state index contributed by atoms with van der Waals surface area (Å²) in [4.78, 5) is 18.2. The number of hydrogen-bond donors (Lipinski definition) is 2.